The molecule has 0 unspecified atom stereocenters. The van der Waals surface area contributed by atoms with E-state index in [2.05, 4.69) is 9.62 Å². The summed E-state index contributed by atoms with van der Waals surface area (Å²) in [7, 11) is -3.68. The summed E-state index contributed by atoms with van der Waals surface area (Å²) >= 11 is 0. The molecule has 122 valence electrons. The molecule has 9 heteroatoms. The van der Waals surface area contributed by atoms with Gasteiger partial charge in [0.25, 0.3) is 5.69 Å². The Morgan fingerprint density at radius 1 is 1.32 bits per heavy atom. The minimum atomic E-state index is -3.68. The average Bonchev–Trinajstić information content (AvgIpc) is 2.47. The smallest absolute Gasteiger partial charge is 0.269 e. The Bertz CT molecular complexity index is 611. The maximum Gasteiger partial charge on any atom is 0.269 e. The number of hydrogen-bond donors (Lipinski definition) is 1. The van der Waals surface area contributed by atoms with Crippen molar-refractivity contribution < 1.29 is 18.1 Å². The Hall–Kier alpha value is -1.55. The van der Waals surface area contributed by atoms with Crippen molar-refractivity contribution in [2.24, 2.45) is 0 Å². The Kier molecular flexibility index (Phi) is 5.46. The van der Waals surface area contributed by atoms with Gasteiger partial charge in [-0.25, -0.2) is 13.1 Å². The van der Waals surface area contributed by atoms with E-state index in [1.807, 2.05) is 0 Å². The Labute approximate surface area is 129 Å². The first-order chi connectivity index (χ1) is 10.4. The minimum absolute atomic E-state index is 0.0203. The van der Waals surface area contributed by atoms with Crippen LogP contribution in [-0.2, 0) is 14.8 Å². The van der Waals surface area contributed by atoms with E-state index >= 15 is 0 Å². The van der Waals surface area contributed by atoms with Gasteiger partial charge < -0.3 is 4.74 Å². The van der Waals surface area contributed by atoms with E-state index in [0.717, 1.165) is 13.1 Å². The fourth-order valence-electron chi connectivity index (χ4n) is 2.29. The molecule has 0 spiro atoms. The van der Waals surface area contributed by atoms with Gasteiger partial charge in [-0.05, 0) is 19.1 Å². The van der Waals surface area contributed by atoms with Crippen LogP contribution in [0.1, 0.15) is 6.92 Å². The van der Waals surface area contributed by atoms with Gasteiger partial charge in [0, 0.05) is 37.8 Å². The highest BCUT2D eigenvalue weighted by Crippen LogP contribution is 2.16. The molecule has 1 aliphatic rings. The van der Waals surface area contributed by atoms with E-state index in [4.69, 9.17) is 4.74 Å². The van der Waals surface area contributed by atoms with Crippen LogP contribution in [0.4, 0.5) is 5.69 Å². The fraction of sp³-hybridized carbons (Fsp3) is 0.538. The maximum absolute atomic E-state index is 12.2. The lowest BCUT2D eigenvalue weighted by atomic mass is 10.3. The van der Waals surface area contributed by atoms with E-state index in [1.165, 1.54) is 24.3 Å². The molecule has 0 amide bonds. The number of nitro groups is 1. The monoisotopic (exact) mass is 329 g/mol. The molecular formula is C13H19N3O5S. The number of nitrogens with zero attached hydrogens (tertiary/aromatic N) is 2. The molecule has 1 heterocycles. The van der Waals surface area contributed by atoms with Crippen LogP contribution in [0.3, 0.4) is 0 Å². The van der Waals surface area contributed by atoms with Crippen molar-refractivity contribution in [3.63, 3.8) is 0 Å². The fourth-order valence-corrected chi connectivity index (χ4v) is 3.52. The molecule has 1 atom stereocenters. The lowest BCUT2D eigenvalue weighted by Crippen LogP contribution is -2.45. The standard InChI is InChI=1S/C13H19N3O5S/c1-11(10-15-6-8-21-9-7-15)14-22(19,20)13-4-2-12(3-5-13)16(17)18/h2-5,11,14H,6-10H2,1H3/t11-/m0/s1. The van der Waals surface area contributed by atoms with Gasteiger partial charge in [0.05, 0.1) is 23.0 Å². The van der Waals surface area contributed by atoms with Gasteiger partial charge in [-0.1, -0.05) is 0 Å². The lowest BCUT2D eigenvalue weighted by Gasteiger charge is -2.29. The second-order valence-electron chi connectivity index (χ2n) is 5.19. The van der Waals surface area contributed by atoms with Crippen molar-refractivity contribution >= 4 is 15.7 Å². The van der Waals surface area contributed by atoms with Crippen molar-refractivity contribution in [1.29, 1.82) is 0 Å². The number of hydrogen-bond acceptors (Lipinski definition) is 6. The topological polar surface area (TPSA) is 102 Å². The summed E-state index contributed by atoms with van der Waals surface area (Å²) in [6.07, 6.45) is 0. The number of nitrogens with one attached hydrogen (secondary N) is 1. The van der Waals surface area contributed by atoms with E-state index in [0.29, 0.717) is 19.8 Å². The first-order valence-electron chi connectivity index (χ1n) is 6.95. The quantitative estimate of drug-likeness (QED) is 0.605. The van der Waals surface area contributed by atoms with Crippen LogP contribution in [0.5, 0.6) is 0 Å². The third-order valence-corrected chi connectivity index (χ3v) is 4.96. The second kappa shape index (κ2) is 7.14. The average molecular weight is 329 g/mol. The molecule has 0 saturated carbocycles. The molecule has 1 saturated heterocycles. The highest BCUT2D eigenvalue weighted by atomic mass is 32.2. The maximum atomic E-state index is 12.2. The molecule has 2 rings (SSSR count). The molecule has 8 nitrogen and oxygen atoms in total. The first-order valence-corrected chi connectivity index (χ1v) is 8.44. The molecule has 0 bridgehead atoms. The predicted molar refractivity (Wildman–Crippen MR) is 80.1 cm³/mol. The number of rotatable bonds is 6. The number of non-ortho nitro benzene ring substituents is 1. The van der Waals surface area contributed by atoms with Gasteiger partial charge in [-0.15, -0.1) is 0 Å². The molecule has 1 aromatic carbocycles. The van der Waals surface area contributed by atoms with Crippen molar-refractivity contribution in [3.05, 3.63) is 34.4 Å². The van der Waals surface area contributed by atoms with Crippen molar-refractivity contribution in [2.75, 3.05) is 32.8 Å². The summed E-state index contributed by atoms with van der Waals surface area (Å²) < 4.78 is 32.3. The molecule has 22 heavy (non-hydrogen) atoms. The lowest BCUT2D eigenvalue weighted by molar-refractivity contribution is -0.384. The molecule has 1 N–H and O–H groups in total. The number of benzene rings is 1. The van der Waals surface area contributed by atoms with Crippen LogP contribution in [-0.4, -0.2) is 57.1 Å². The zero-order chi connectivity index (χ0) is 16.2. The Morgan fingerprint density at radius 2 is 1.91 bits per heavy atom. The molecule has 1 fully saturated rings. The zero-order valence-corrected chi connectivity index (χ0v) is 13.1. The largest absolute Gasteiger partial charge is 0.379 e. The Morgan fingerprint density at radius 3 is 2.45 bits per heavy atom. The summed E-state index contributed by atoms with van der Waals surface area (Å²) in [5, 5.41) is 10.6. The molecule has 1 aromatic rings. The van der Waals surface area contributed by atoms with Gasteiger partial charge >= 0.3 is 0 Å². The van der Waals surface area contributed by atoms with E-state index in [-0.39, 0.29) is 16.6 Å². The minimum Gasteiger partial charge on any atom is -0.379 e. The van der Waals surface area contributed by atoms with Crippen LogP contribution < -0.4 is 4.72 Å². The van der Waals surface area contributed by atoms with Crippen molar-refractivity contribution in [1.82, 2.24) is 9.62 Å². The molecule has 0 aliphatic carbocycles. The van der Waals surface area contributed by atoms with E-state index in [1.54, 1.807) is 6.92 Å². The number of sulfonamides is 1. The van der Waals surface area contributed by atoms with Gasteiger partial charge in [-0.2, -0.15) is 0 Å². The summed E-state index contributed by atoms with van der Waals surface area (Å²) in [6, 6.07) is 4.57. The molecule has 0 radical (unpaired) electrons. The van der Waals surface area contributed by atoms with Crippen LogP contribution in [0.25, 0.3) is 0 Å². The number of ether oxygens (including phenoxy) is 1. The molecular weight excluding hydrogens is 310 g/mol. The summed E-state index contributed by atoms with van der Waals surface area (Å²) in [5.74, 6) is 0. The third kappa shape index (κ3) is 4.47. The third-order valence-electron chi connectivity index (χ3n) is 3.35. The van der Waals surface area contributed by atoms with Gasteiger partial charge in [0.2, 0.25) is 10.0 Å². The van der Waals surface area contributed by atoms with E-state index < -0.39 is 14.9 Å². The molecule has 1 aliphatic heterocycles. The first kappa shape index (κ1) is 16.8. The van der Waals surface area contributed by atoms with E-state index in [9.17, 15) is 18.5 Å². The summed E-state index contributed by atoms with van der Waals surface area (Å²) in [6.45, 7) is 5.25. The SMILES string of the molecule is C[C@@H](CN1CCOCC1)NS(=O)(=O)c1ccc([N+](=O)[O-])cc1. The number of morpholine rings is 1. The Balaban J connectivity index is 1.98. The van der Waals surface area contributed by atoms with Gasteiger partial charge in [-0.3, -0.25) is 15.0 Å². The van der Waals surface area contributed by atoms with Gasteiger partial charge in [0.15, 0.2) is 0 Å². The van der Waals surface area contributed by atoms with Crippen LogP contribution >= 0.6 is 0 Å². The zero-order valence-electron chi connectivity index (χ0n) is 12.3. The normalized spacial score (nSPS) is 18.0. The van der Waals surface area contributed by atoms with Crippen molar-refractivity contribution in [3.8, 4) is 0 Å². The summed E-state index contributed by atoms with van der Waals surface area (Å²) in [5.41, 5.74) is -0.139. The van der Waals surface area contributed by atoms with Crippen LogP contribution in [0, 0.1) is 10.1 Å². The highest BCUT2D eigenvalue weighted by molar-refractivity contribution is 7.89. The predicted octanol–water partition coefficient (Wildman–Crippen LogP) is 0.594. The second-order valence-corrected chi connectivity index (χ2v) is 6.90. The van der Waals surface area contributed by atoms with Gasteiger partial charge in [0.1, 0.15) is 0 Å². The van der Waals surface area contributed by atoms with Crippen molar-refractivity contribution in [2.45, 2.75) is 17.9 Å². The van der Waals surface area contributed by atoms with Crippen LogP contribution in [0.2, 0.25) is 0 Å². The summed E-state index contributed by atoms with van der Waals surface area (Å²) in [4.78, 5) is 12.2. The highest BCUT2D eigenvalue weighted by Gasteiger charge is 2.21. The molecule has 0 aromatic heterocycles. The van der Waals surface area contributed by atoms with Crippen LogP contribution in [0.15, 0.2) is 29.2 Å². The number of nitro benzene ring substituents is 1.